The van der Waals surface area contributed by atoms with Crippen LogP contribution in [0.2, 0.25) is 0 Å². The smallest absolute Gasteiger partial charge is 0.271 e. The third-order valence-electron chi connectivity index (χ3n) is 2.86. The van der Waals surface area contributed by atoms with E-state index >= 15 is 0 Å². The van der Waals surface area contributed by atoms with Crippen molar-refractivity contribution < 1.29 is 14.6 Å². The summed E-state index contributed by atoms with van der Waals surface area (Å²) in [7, 11) is 1.42. The lowest BCUT2D eigenvalue weighted by molar-refractivity contribution is 0.0955. The molecule has 2 rings (SSSR count). The maximum atomic E-state index is 11.9. The van der Waals surface area contributed by atoms with E-state index in [1.165, 1.54) is 25.3 Å². The Morgan fingerprint density at radius 2 is 2.10 bits per heavy atom. The molecule has 0 unspecified atom stereocenters. The third kappa shape index (κ3) is 3.82. The third-order valence-corrected chi connectivity index (χ3v) is 2.86. The molecule has 2 N–H and O–H groups in total. The molecule has 108 valence electrons. The molecule has 0 spiro atoms. The summed E-state index contributed by atoms with van der Waals surface area (Å²) in [6.45, 7) is 1.98. The Morgan fingerprint density at radius 1 is 1.29 bits per heavy atom. The number of phenolic OH excluding ortho intramolecular Hbond substituents is 1. The van der Waals surface area contributed by atoms with Gasteiger partial charge in [-0.05, 0) is 30.7 Å². The second-order valence-corrected chi connectivity index (χ2v) is 4.50. The van der Waals surface area contributed by atoms with E-state index in [1.807, 2.05) is 31.2 Å². The number of phenols is 1. The van der Waals surface area contributed by atoms with Crippen molar-refractivity contribution in [3.8, 4) is 11.5 Å². The van der Waals surface area contributed by atoms with Crippen LogP contribution in [0.15, 0.2) is 47.6 Å². The van der Waals surface area contributed by atoms with Gasteiger partial charge in [0.1, 0.15) is 0 Å². The van der Waals surface area contributed by atoms with Crippen LogP contribution in [0.1, 0.15) is 21.5 Å². The van der Waals surface area contributed by atoms with E-state index in [1.54, 1.807) is 6.21 Å². The molecule has 21 heavy (non-hydrogen) atoms. The average molecular weight is 284 g/mol. The summed E-state index contributed by atoms with van der Waals surface area (Å²) in [5, 5.41) is 13.4. The normalized spacial score (nSPS) is 10.6. The monoisotopic (exact) mass is 284 g/mol. The molecule has 0 saturated heterocycles. The summed E-state index contributed by atoms with van der Waals surface area (Å²) < 4.78 is 4.95. The number of ether oxygens (including phenoxy) is 1. The second-order valence-electron chi connectivity index (χ2n) is 4.50. The topological polar surface area (TPSA) is 70.9 Å². The lowest BCUT2D eigenvalue weighted by Crippen LogP contribution is -2.17. The first kappa shape index (κ1) is 14.6. The van der Waals surface area contributed by atoms with Crippen molar-refractivity contribution in [2.24, 2.45) is 5.10 Å². The fourth-order valence-corrected chi connectivity index (χ4v) is 1.80. The van der Waals surface area contributed by atoms with Crippen molar-refractivity contribution in [3.05, 3.63) is 59.2 Å². The van der Waals surface area contributed by atoms with E-state index in [2.05, 4.69) is 10.5 Å². The van der Waals surface area contributed by atoms with Crippen molar-refractivity contribution in [2.75, 3.05) is 7.11 Å². The zero-order valence-electron chi connectivity index (χ0n) is 11.8. The largest absolute Gasteiger partial charge is 0.504 e. The minimum atomic E-state index is -0.378. The highest BCUT2D eigenvalue weighted by Crippen LogP contribution is 2.26. The van der Waals surface area contributed by atoms with E-state index in [0.29, 0.717) is 5.56 Å². The molecule has 0 fully saturated rings. The predicted molar refractivity (Wildman–Crippen MR) is 80.9 cm³/mol. The van der Waals surface area contributed by atoms with E-state index in [4.69, 9.17) is 4.74 Å². The van der Waals surface area contributed by atoms with Crippen molar-refractivity contribution in [1.29, 1.82) is 0 Å². The summed E-state index contributed by atoms with van der Waals surface area (Å²) in [5.74, 6) is -0.153. The van der Waals surface area contributed by atoms with Gasteiger partial charge in [-0.25, -0.2) is 5.43 Å². The fraction of sp³-hybridized carbons (Fsp3) is 0.125. The van der Waals surface area contributed by atoms with Gasteiger partial charge in [0.15, 0.2) is 11.5 Å². The molecule has 0 heterocycles. The number of carbonyl (C=O) groups excluding carboxylic acids is 1. The van der Waals surface area contributed by atoms with Crippen LogP contribution in [0.4, 0.5) is 0 Å². The summed E-state index contributed by atoms with van der Waals surface area (Å²) in [6, 6.07) is 12.1. The number of hydrogen-bond acceptors (Lipinski definition) is 4. The van der Waals surface area contributed by atoms with Gasteiger partial charge < -0.3 is 9.84 Å². The number of benzene rings is 2. The van der Waals surface area contributed by atoms with Crippen LogP contribution in [0.25, 0.3) is 0 Å². The molecular formula is C16H16N2O3. The molecule has 0 bridgehead atoms. The van der Waals surface area contributed by atoms with Crippen LogP contribution in [0.3, 0.4) is 0 Å². The zero-order valence-corrected chi connectivity index (χ0v) is 11.8. The minimum Gasteiger partial charge on any atom is -0.504 e. The number of nitrogens with zero attached hydrogens (tertiary/aromatic N) is 1. The maximum Gasteiger partial charge on any atom is 0.271 e. The maximum absolute atomic E-state index is 11.9. The van der Waals surface area contributed by atoms with E-state index in [0.717, 1.165) is 11.1 Å². The molecule has 0 saturated carbocycles. The molecule has 0 atom stereocenters. The SMILES string of the molecule is COc1cc(C(=O)N/N=C/c2cccc(C)c2)ccc1O. The van der Waals surface area contributed by atoms with Gasteiger partial charge in [0.2, 0.25) is 0 Å². The van der Waals surface area contributed by atoms with Crippen molar-refractivity contribution in [1.82, 2.24) is 5.43 Å². The number of aryl methyl sites for hydroxylation is 1. The number of carbonyl (C=O) groups is 1. The highest BCUT2D eigenvalue weighted by molar-refractivity contribution is 5.95. The van der Waals surface area contributed by atoms with Crippen LogP contribution >= 0.6 is 0 Å². The van der Waals surface area contributed by atoms with E-state index in [-0.39, 0.29) is 17.4 Å². The Balaban J connectivity index is 2.05. The molecule has 2 aromatic carbocycles. The van der Waals surface area contributed by atoms with E-state index in [9.17, 15) is 9.90 Å². The first-order valence-corrected chi connectivity index (χ1v) is 6.37. The second kappa shape index (κ2) is 6.56. The molecule has 0 aliphatic rings. The Hall–Kier alpha value is -2.82. The molecule has 5 heteroatoms. The van der Waals surface area contributed by atoms with Crippen molar-refractivity contribution >= 4 is 12.1 Å². The van der Waals surface area contributed by atoms with Gasteiger partial charge in [0, 0.05) is 5.56 Å². The van der Waals surface area contributed by atoms with Gasteiger partial charge in [-0.15, -0.1) is 0 Å². The number of nitrogens with one attached hydrogen (secondary N) is 1. The number of rotatable bonds is 4. The molecule has 0 radical (unpaired) electrons. The van der Waals surface area contributed by atoms with Crippen LogP contribution in [0, 0.1) is 6.92 Å². The molecule has 0 aliphatic heterocycles. The lowest BCUT2D eigenvalue weighted by atomic mass is 10.2. The quantitative estimate of drug-likeness (QED) is 0.669. The fourth-order valence-electron chi connectivity index (χ4n) is 1.80. The van der Waals surface area contributed by atoms with Gasteiger partial charge in [-0.3, -0.25) is 4.79 Å². The highest BCUT2D eigenvalue weighted by Gasteiger charge is 2.08. The van der Waals surface area contributed by atoms with E-state index < -0.39 is 0 Å². The summed E-state index contributed by atoms with van der Waals surface area (Å²) in [4.78, 5) is 11.9. The zero-order chi connectivity index (χ0) is 15.2. The lowest BCUT2D eigenvalue weighted by Gasteiger charge is -2.05. The molecule has 0 aliphatic carbocycles. The number of hydrazone groups is 1. The Kier molecular flexibility index (Phi) is 4.56. The average Bonchev–Trinajstić information content (AvgIpc) is 2.47. The standard InChI is InChI=1S/C16H16N2O3/c1-11-4-3-5-12(8-11)10-17-18-16(20)13-6-7-14(19)15(9-13)21-2/h3-10,19H,1-2H3,(H,18,20)/b17-10+. The van der Waals surface area contributed by atoms with Gasteiger partial charge in [0.05, 0.1) is 13.3 Å². The molecule has 5 nitrogen and oxygen atoms in total. The Labute approximate surface area is 122 Å². The van der Waals surface area contributed by atoms with Crippen LogP contribution < -0.4 is 10.2 Å². The molecule has 1 amide bonds. The summed E-state index contributed by atoms with van der Waals surface area (Å²) in [6.07, 6.45) is 1.57. The van der Waals surface area contributed by atoms with Crippen LogP contribution in [0.5, 0.6) is 11.5 Å². The number of hydrogen-bond donors (Lipinski definition) is 2. The summed E-state index contributed by atoms with van der Waals surface area (Å²) in [5.41, 5.74) is 4.80. The minimum absolute atomic E-state index is 0.0164. The molecule has 0 aromatic heterocycles. The van der Waals surface area contributed by atoms with Gasteiger partial charge >= 0.3 is 0 Å². The summed E-state index contributed by atoms with van der Waals surface area (Å²) >= 11 is 0. The van der Waals surface area contributed by atoms with Crippen LogP contribution in [-0.2, 0) is 0 Å². The predicted octanol–water partition coefficient (Wildman–Crippen LogP) is 2.47. The van der Waals surface area contributed by atoms with Crippen molar-refractivity contribution in [2.45, 2.75) is 6.92 Å². The van der Waals surface area contributed by atoms with Gasteiger partial charge in [-0.1, -0.05) is 29.8 Å². The Bertz CT molecular complexity index is 681. The molecule has 2 aromatic rings. The van der Waals surface area contributed by atoms with Gasteiger partial charge in [0.25, 0.3) is 5.91 Å². The number of amides is 1. The Morgan fingerprint density at radius 3 is 2.81 bits per heavy atom. The number of aromatic hydroxyl groups is 1. The van der Waals surface area contributed by atoms with Crippen molar-refractivity contribution in [3.63, 3.8) is 0 Å². The molecular weight excluding hydrogens is 268 g/mol. The van der Waals surface area contributed by atoms with Crippen LogP contribution in [-0.4, -0.2) is 24.3 Å². The first-order valence-electron chi connectivity index (χ1n) is 6.37. The van der Waals surface area contributed by atoms with Gasteiger partial charge in [-0.2, -0.15) is 5.10 Å². The number of methoxy groups -OCH3 is 1. The first-order chi connectivity index (χ1) is 10.1. The highest BCUT2D eigenvalue weighted by atomic mass is 16.5.